The number of fused-ring (bicyclic) bond motifs is 3. The van der Waals surface area contributed by atoms with Crippen molar-refractivity contribution in [2.45, 2.75) is 38.3 Å². The van der Waals surface area contributed by atoms with E-state index in [0.29, 0.717) is 58.3 Å². The van der Waals surface area contributed by atoms with Crippen molar-refractivity contribution in [1.29, 1.82) is 0 Å². The van der Waals surface area contributed by atoms with Crippen molar-refractivity contribution in [1.82, 2.24) is 19.3 Å². The Labute approximate surface area is 201 Å². The van der Waals surface area contributed by atoms with E-state index in [9.17, 15) is 9.90 Å². The number of allylic oxidation sites excluding steroid dienone is 1. The predicted molar refractivity (Wildman–Crippen MR) is 135 cm³/mol. The van der Waals surface area contributed by atoms with Crippen LogP contribution >= 0.6 is 0 Å². The number of benzene rings is 1. The van der Waals surface area contributed by atoms with Gasteiger partial charge in [-0.05, 0) is 37.0 Å². The molecule has 0 aliphatic carbocycles. The highest BCUT2D eigenvalue weighted by Crippen LogP contribution is 2.41. The zero-order valence-corrected chi connectivity index (χ0v) is 19.9. The summed E-state index contributed by atoms with van der Waals surface area (Å²) < 4.78 is 15.4. The van der Waals surface area contributed by atoms with Crippen LogP contribution in [0.1, 0.15) is 37.8 Å². The number of aryl methyl sites for hydroxylation is 1. The van der Waals surface area contributed by atoms with Crippen LogP contribution < -0.4 is 11.4 Å². The molecular weight excluding hydrogens is 448 g/mol. The molecule has 0 radical (unpaired) electrons. The molecule has 35 heavy (non-hydrogen) atoms. The fraction of sp³-hybridized carbons (Fsp3) is 0.360. The van der Waals surface area contributed by atoms with Crippen LogP contribution in [0.5, 0.6) is 5.75 Å². The zero-order chi connectivity index (χ0) is 24.7. The van der Waals surface area contributed by atoms with E-state index in [-0.39, 0.29) is 29.2 Å². The first-order valence-corrected chi connectivity index (χ1v) is 11.6. The van der Waals surface area contributed by atoms with Crippen molar-refractivity contribution in [3.63, 3.8) is 0 Å². The number of nitrogens with two attached hydrogens (primary N) is 1. The van der Waals surface area contributed by atoms with E-state index in [4.69, 9.17) is 14.9 Å². The molecule has 0 amide bonds. The Bertz CT molecular complexity index is 1530. The maximum Gasteiger partial charge on any atom is 0.349 e. The van der Waals surface area contributed by atoms with Gasteiger partial charge in [0, 0.05) is 61.9 Å². The van der Waals surface area contributed by atoms with E-state index in [1.54, 1.807) is 48.0 Å². The van der Waals surface area contributed by atoms with Crippen molar-refractivity contribution in [3.05, 3.63) is 46.8 Å². The number of aromatic nitrogens is 4. The fourth-order valence-electron chi connectivity index (χ4n) is 4.84. The Hall–Kier alpha value is -3.92. The standard InChI is InChI=1S/C25H28N6O4/c1-4-18-9-17(5-6-34-18)31-22-19-7-14(15(10-26)11-27-2)8-20(32)23(19)35-24(22)21(29-25(31)33)16-12-28-30(3)13-16/h7-8,10-13,17-18,32H,4-6,9,26H2,1-3H3/b15-10+,27-11?. The summed E-state index contributed by atoms with van der Waals surface area (Å²) in [5.41, 5.74) is 9.06. The van der Waals surface area contributed by atoms with E-state index < -0.39 is 0 Å². The second-order valence-corrected chi connectivity index (χ2v) is 8.76. The minimum Gasteiger partial charge on any atom is -0.504 e. The number of phenols is 1. The van der Waals surface area contributed by atoms with Gasteiger partial charge in [0.05, 0.1) is 12.3 Å². The molecule has 3 N–H and O–H groups in total. The highest BCUT2D eigenvalue weighted by molar-refractivity contribution is 6.14. The number of hydrogen-bond acceptors (Lipinski definition) is 8. The SMILES string of the molecule is CCC1CC(n2c(=O)nc(-c3cnn(C)c3)c3oc4c(O)cc(/C(C=NC)=C/N)cc4c32)CCO1. The van der Waals surface area contributed by atoms with Crippen LogP contribution in [0.15, 0.2) is 44.9 Å². The quantitative estimate of drug-likeness (QED) is 0.422. The molecule has 0 bridgehead atoms. The lowest BCUT2D eigenvalue weighted by molar-refractivity contribution is -0.00709. The molecule has 10 nitrogen and oxygen atoms in total. The topological polar surface area (TPSA) is 134 Å². The molecule has 1 saturated heterocycles. The van der Waals surface area contributed by atoms with Crippen LogP contribution in [0.3, 0.4) is 0 Å². The summed E-state index contributed by atoms with van der Waals surface area (Å²) >= 11 is 0. The minimum absolute atomic E-state index is 0.0587. The van der Waals surface area contributed by atoms with Gasteiger partial charge in [-0.2, -0.15) is 10.1 Å². The molecule has 1 aliphatic rings. The van der Waals surface area contributed by atoms with Gasteiger partial charge >= 0.3 is 5.69 Å². The van der Waals surface area contributed by atoms with E-state index in [1.807, 2.05) is 6.07 Å². The Morgan fingerprint density at radius 3 is 2.89 bits per heavy atom. The van der Waals surface area contributed by atoms with Crippen LogP contribution in [0.25, 0.3) is 38.9 Å². The van der Waals surface area contributed by atoms with Crippen LogP contribution in [-0.4, -0.2) is 50.4 Å². The second-order valence-electron chi connectivity index (χ2n) is 8.76. The molecule has 5 rings (SSSR count). The maximum atomic E-state index is 13.6. The van der Waals surface area contributed by atoms with Crippen LogP contribution in [-0.2, 0) is 11.8 Å². The smallest absolute Gasteiger partial charge is 0.349 e. The third-order valence-corrected chi connectivity index (χ3v) is 6.53. The van der Waals surface area contributed by atoms with Gasteiger partial charge in [-0.3, -0.25) is 14.2 Å². The van der Waals surface area contributed by atoms with Crippen molar-refractivity contribution < 1.29 is 14.3 Å². The predicted octanol–water partition coefficient (Wildman–Crippen LogP) is 3.38. The molecule has 1 aromatic carbocycles. The van der Waals surface area contributed by atoms with Gasteiger partial charge in [-0.1, -0.05) is 6.92 Å². The maximum absolute atomic E-state index is 13.6. The normalized spacial score (nSPS) is 19.3. The number of ether oxygens (including phenoxy) is 1. The lowest BCUT2D eigenvalue weighted by Crippen LogP contribution is -2.34. The second kappa shape index (κ2) is 9.03. The molecule has 4 aromatic rings. The summed E-state index contributed by atoms with van der Waals surface area (Å²) in [5, 5.41) is 15.8. The molecule has 2 atom stereocenters. The first-order valence-electron chi connectivity index (χ1n) is 11.6. The Morgan fingerprint density at radius 2 is 2.20 bits per heavy atom. The number of hydrogen-bond donors (Lipinski definition) is 2. The lowest BCUT2D eigenvalue weighted by atomic mass is 10.00. The summed E-state index contributed by atoms with van der Waals surface area (Å²) in [6, 6.07) is 3.32. The lowest BCUT2D eigenvalue weighted by Gasteiger charge is -2.30. The molecule has 10 heteroatoms. The number of furan rings is 1. The summed E-state index contributed by atoms with van der Waals surface area (Å²) in [5.74, 6) is -0.0629. The van der Waals surface area contributed by atoms with Gasteiger partial charge in [-0.25, -0.2) is 4.79 Å². The molecule has 0 spiro atoms. The molecule has 0 saturated carbocycles. The van der Waals surface area contributed by atoms with Crippen molar-refractivity contribution in [2.75, 3.05) is 13.7 Å². The summed E-state index contributed by atoms with van der Waals surface area (Å²) in [4.78, 5) is 22.0. The van der Waals surface area contributed by atoms with Gasteiger partial charge in [0.1, 0.15) is 11.2 Å². The third kappa shape index (κ3) is 3.89. The van der Waals surface area contributed by atoms with Gasteiger partial charge in [0.15, 0.2) is 16.9 Å². The Balaban J connectivity index is 1.86. The van der Waals surface area contributed by atoms with E-state index in [1.165, 1.54) is 6.20 Å². The largest absolute Gasteiger partial charge is 0.504 e. The summed E-state index contributed by atoms with van der Waals surface area (Å²) in [7, 11) is 3.44. The molecule has 182 valence electrons. The highest BCUT2D eigenvalue weighted by Gasteiger charge is 2.29. The van der Waals surface area contributed by atoms with Gasteiger partial charge in [0.2, 0.25) is 0 Å². The van der Waals surface area contributed by atoms with Crippen molar-refractivity contribution in [2.24, 2.45) is 17.8 Å². The molecule has 3 aromatic heterocycles. The van der Waals surface area contributed by atoms with Crippen molar-refractivity contribution in [3.8, 4) is 17.0 Å². The van der Waals surface area contributed by atoms with Crippen molar-refractivity contribution >= 4 is 33.9 Å². The first kappa shape index (κ1) is 22.9. The highest BCUT2D eigenvalue weighted by atomic mass is 16.5. The molecule has 4 heterocycles. The van der Waals surface area contributed by atoms with E-state index in [0.717, 1.165) is 6.42 Å². The van der Waals surface area contributed by atoms with Gasteiger partial charge in [0.25, 0.3) is 0 Å². The van der Waals surface area contributed by atoms with Gasteiger partial charge < -0.3 is 20.0 Å². The molecule has 1 aliphatic heterocycles. The number of aliphatic imine (C=N–C) groups is 1. The average Bonchev–Trinajstić information content (AvgIpc) is 3.46. The Morgan fingerprint density at radius 1 is 1.37 bits per heavy atom. The fourth-order valence-corrected chi connectivity index (χ4v) is 4.84. The van der Waals surface area contributed by atoms with Crippen LogP contribution in [0, 0.1) is 0 Å². The number of aromatic hydroxyl groups is 1. The summed E-state index contributed by atoms with van der Waals surface area (Å²) in [6.45, 7) is 2.63. The van der Waals surface area contributed by atoms with E-state index >= 15 is 0 Å². The average molecular weight is 477 g/mol. The zero-order valence-electron chi connectivity index (χ0n) is 19.9. The van der Waals surface area contributed by atoms with Crippen LogP contribution in [0.2, 0.25) is 0 Å². The molecule has 2 unspecified atom stereocenters. The third-order valence-electron chi connectivity index (χ3n) is 6.53. The van der Waals surface area contributed by atoms with Gasteiger partial charge in [-0.15, -0.1) is 0 Å². The number of rotatable bonds is 5. The van der Waals surface area contributed by atoms with Crippen LogP contribution in [0.4, 0.5) is 0 Å². The molecule has 1 fully saturated rings. The Kier molecular flexibility index (Phi) is 5.89. The summed E-state index contributed by atoms with van der Waals surface area (Å²) in [6.07, 6.45) is 8.73. The monoisotopic (exact) mass is 476 g/mol. The number of phenolic OH excluding ortho intramolecular Hbond substituents is 1. The molecular formula is C25H28N6O4. The minimum atomic E-state index is -0.379. The number of nitrogens with zero attached hydrogens (tertiary/aromatic N) is 5. The van der Waals surface area contributed by atoms with E-state index in [2.05, 4.69) is 22.0 Å². The first-order chi connectivity index (χ1) is 16.9.